The Morgan fingerprint density at radius 1 is 1.47 bits per heavy atom. The number of nitrogens with zero attached hydrogens (tertiary/aromatic N) is 1. The molecule has 0 amide bonds. The predicted molar refractivity (Wildman–Crippen MR) is 62.0 cm³/mol. The largest absolute Gasteiger partial charge is 0.492 e. The van der Waals surface area contributed by atoms with Gasteiger partial charge >= 0.3 is 0 Å². The maximum atomic E-state index is 10.7. The van der Waals surface area contributed by atoms with Crippen molar-refractivity contribution >= 4 is 21.7 Å². The van der Waals surface area contributed by atoms with Gasteiger partial charge in [0.15, 0.2) is 0 Å². The van der Waals surface area contributed by atoms with Gasteiger partial charge in [-0.3, -0.25) is 4.98 Å². The first-order chi connectivity index (χ1) is 7.18. The number of Topliss-reactive ketones (excluding diaryl/α,β-unsaturated/α-hetero) is 1. The second kappa shape index (κ2) is 6.56. The number of halogens is 1. The molecule has 1 aromatic heterocycles. The van der Waals surface area contributed by atoms with Crippen LogP contribution in [0.2, 0.25) is 0 Å². The molecule has 4 heteroatoms. The van der Waals surface area contributed by atoms with Crippen molar-refractivity contribution in [2.75, 3.05) is 6.61 Å². The van der Waals surface area contributed by atoms with Gasteiger partial charge in [0, 0.05) is 17.1 Å². The third-order valence-electron chi connectivity index (χ3n) is 1.87. The molecule has 15 heavy (non-hydrogen) atoms. The lowest BCUT2D eigenvalue weighted by molar-refractivity contribution is -0.117. The molecule has 0 saturated heterocycles. The third-order valence-corrected chi connectivity index (χ3v) is 2.31. The lowest BCUT2D eigenvalue weighted by Crippen LogP contribution is -1.99. The Balaban J connectivity index is 2.17. The average molecular weight is 272 g/mol. The number of unbranched alkanes of at least 4 members (excludes halogenated alkanes) is 1. The van der Waals surface area contributed by atoms with Crippen LogP contribution >= 0.6 is 15.9 Å². The van der Waals surface area contributed by atoms with E-state index >= 15 is 0 Å². The Bertz CT molecular complexity index is 328. The summed E-state index contributed by atoms with van der Waals surface area (Å²) in [5.41, 5.74) is 0. The van der Waals surface area contributed by atoms with E-state index in [2.05, 4.69) is 20.9 Å². The maximum absolute atomic E-state index is 10.7. The van der Waals surface area contributed by atoms with E-state index in [0.29, 0.717) is 13.0 Å². The molecule has 0 radical (unpaired) electrons. The Hall–Kier alpha value is -0.900. The summed E-state index contributed by atoms with van der Waals surface area (Å²) in [5.74, 6) is 0.992. The lowest BCUT2D eigenvalue weighted by Gasteiger charge is -2.04. The van der Waals surface area contributed by atoms with Crippen LogP contribution < -0.4 is 4.74 Å². The van der Waals surface area contributed by atoms with Crippen molar-refractivity contribution in [3.05, 3.63) is 22.9 Å². The molecule has 3 nitrogen and oxygen atoms in total. The van der Waals surface area contributed by atoms with E-state index in [1.54, 1.807) is 19.3 Å². The molecule has 82 valence electrons. The van der Waals surface area contributed by atoms with Gasteiger partial charge in [0.25, 0.3) is 0 Å². The molecular formula is C11H14BrNO2. The summed E-state index contributed by atoms with van der Waals surface area (Å²) in [6, 6.07) is 1.87. The first-order valence-corrected chi connectivity index (χ1v) is 5.70. The number of hydrogen-bond acceptors (Lipinski definition) is 3. The molecular weight excluding hydrogens is 258 g/mol. The van der Waals surface area contributed by atoms with E-state index in [1.165, 1.54) is 0 Å². The summed E-state index contributed by atoms with van der Waals surface area (Å²) in [4.78, 5) is 14.6. The third kappa shape index (κ3) is 5.52. The number of aromatic nitrogens is 1. The number of pyridine rings is 1. The van der Waals surface area contributed by atoms with E-state index in [9.17, 15) is 4.79 Å². The molecule has 0 saturated carbocycles. The Labute approximate surface area is 98.0 Å². The van der Waals surface area contributed by atoms with Gasteiger partial charge in [0.2, 0.25) is 0 Å². The number of hydrogen-bond donors (Lipinski definition) is 0. The van der Waals surface area contributed by atoms with E-state index in [1.807, 2.05) is 6.07 Å². The predicted octanol–water partition coefficient (Wildman–Crippen LogP) is 2.98. The summed E-state index contributed by atoms with van der Waals surface area (Å²) in [5, 5.41) is 0. The molecule has 0 bridgehead atoms. The highest BCUT2D eigenvalue weighted by molar-refractivity contribution is 9.10. The fourth-order valence-corrected chi connectivity index (χ4v) is 1.48. The zero-order chi connectivity index (χ0) is 11.1. The molecule has 1 aromatic rings. The van der Waals surface area contributed by atoms with Gasteiger partial charge in [0.05, 0.1) is 12.8 Å². The Kier molecular flexibility index (Phi) is 5.32. The van der Waals surface area contributed by atoms with Crippen molar-refractivity contribution in [3.8, 4) is 5.75 Å². The molecule has 1 rings (SSSR count). The fourth-order valence-electron chi connectivity index (χ4n) is 1.14. The molecule has 0 aliphatic heterocycles. The Morgan fingerprint density at radius 3 is 2.93 bits per heavy atom. The lowest BCUT2D eigenvalue weighted by atomic mass is 10.2. The number of ketones is 1. The van der Waals surface area contributed by atoms with Gasteiger partial charge in [-0.05, 0) is 41.8 Å². The van der Waals surface area contributed by atoms with Gasteiger partial charge in [-0.1, -0.05) is 0 Å². The van der Waals surface area contributed by atoms with Crippen LogP contribution in [-0.2, 0) is 4.79 Å². The standard InChI is InChI=1S/C11H14BrNO2/c1-9(14)4-2-3-5-15-11-6-10(12)7-13-8-11/h6-8H,2-5H2,1H3. The number of carbonyl (C=O) groups excluding carboxylic acids is 1. The summed E-state index contributed by atoms with van der Waals surface area (Å²) >= 11 is 3.32. The van der Waals surface area contributed by atoms with Crippen LogP contribution in [0, 0.1) is 0 Å². The second-order valence-corrected chi connectivity index (χ2v) is 4.26. The first-order valence-electron chi connectivity index (χ1n) is 4.91. The highest BCUT2D eigenvalue weighted by Crippen LogP contribution is 2.16. The van der Waals surface area contributed by atoms with Crippen LogP contribution in [0.1, 0.15) is 26.2 Å². The van der Waals surface area contributed by atoms with Crippen LogP contribution in [0.3, 0.4) is 0 Å². The summed E-state index contributed by atoms with van der Waals surface area (Å²) < 4.78 is 6.37. The van der Waals surface area contributed by atoms with E-state index in [-0.39, 0.29) is 5.78 Å². The SMILES string of the molecule is CC(=O)CCCCOc1cncc(Br)c1. The summed E-state index contributed by atoms with van der Waals surface area (Å²) in [6.07, 6.45) is 5.81. The van der Waals surface area contributed by atoms with E-state index < -0.39 is 0 Å². The summed E-state index contributed by atoms with van der Waals surface area (Å²) in [6.45, 7) is 2.24. The molecule has 0 aliphatic carbocycles. The topological polar surface area (TPSA) is 39.2 Å². The van der Waals surface area contributed by atoms with Crippen molar-refractivity contribution in [3.63, 3.8) is 0 Å². The van der Waals surface area contributed by atoms with Gasteiger partial charge in [-0.15, -0.1) is 0 Å². The molecule has 0 N–H and O–H groups in total. The maximum Gasteiger partial charge on any atom is 0.138 e. The van der Waals surface area contributed by atoms with Crippen LogP contribution in [0.5, 0.6) is 5.75 Å². The molecule has 0 fully saturated rings. The van der Waals surface area contributed by atoms with Crippen molar-refractivity contribution in [1.29, 1.82) is 0 Å². The smallest absolute Gasteiger partial charge is 0.138 e. The van der Waals surface area contributed by atoms with Crippen molar-refractivity contribution in [2.24, 2.45) is 0 Å². The van der Waals surface area contributed by atoms with Crippen molar-refractivity contribution in [1.82, 2.24) is 4.98 Å². The minimum absolute atomic E-state index is 0.235. The average Bonchev–Trinajstić information content (AvgIpc) is 2.17. The van der Waals surface area contributed by atoms with Crippen LogP contribution in [-0.4, -0.2) is 17.4 Å². The van der Waals surface area contributed by atoms with Crippen molar-refractivity contribution in [2.45, 2.75) is 26.2 Å². The quantitative estimate of drug-likeness (QED) is 0.747. The highest BCUT2D eigenvalue weighted by atomic mass is 79.9. The molecule has 1 heterocycles. The monoisotopic (exact) mass is 271 g/mol. The summed E-state index contributed by atoms with van der Waals surface area (Å²) in [7, 11) is 0. The van der Waals surface area contributed by atoms with Crippen LogP contribution in [0.25, 0.3) is 0 Å². The minimum atomic E-state index is 0.235. The fraction of sp³-hybridized carbons (Fsp3) is 0.455. The number of carbonyl (C=O) groups is 1. The zero-order valence-corrected chi connectivity index (χ0v) is 10.3. The van der Waals surface area contributed by atoms with E-state index in [4.69, 9.17) is 4.74 Å². The molecule has 0 aliphatic rings. The molecule has 0 atom stereocenters. The highest BCUT2D eigenvalue weighted by Gasteiger charge is 1.97. The Morgan fingerprint density at radius 2 is 2.27 bits per heavy atom. The van der Waals surface area contributed by atoms with Gasteiger partial charge in [-0.25, -0.2) is 0 Å². The molecule has 0 unspecified atom stereocenters. The second-order valence-electron chi connectivity index (χ2n) is 3.35. The number of ether oxygens (including phenoxy) is 1. The zero-order valence-electron chi connectivity index (χ0n) is 8.70. The minimum Gasteiger partial charge on any atom is -0.492 e. The van der Waals surface area contributed by atoms with Crippen LogP contribution in [0.15, 0.2) is 22.9 Å². The first kappa shape index (κ1) is 12.2. The molecule has 0 spiro atoms. The number of rotatable bonds is 6. The van der Waals surface area contributed by atoms with Gasteiger partial charge < -0.3 is 9.53 Å². The van der Waals surface area contributed by atoms with Crippen LogP contribution in [0.4, 0.5) is 0 Å². The van der Waals surface area contributed by atoms with Gasteiger partial charge in [0.1, 0.15) is 11.5 Å². The molecule has 0 aromatic carbocycles. The van der Waals surface area contributed by atoms with Crippen molar-refractivity contribution < 1.29 is 9.53 Å². The normalized spacial score (nSPS) is 10.0. The van der Waals surface area contributed by atoms with Gasteiger partial charge in [-0.2, -0.15) is 0 Å². The van der Waals surface area contributed by atoms with E-state index in [0.717, 1.165) is 23.1 Å².